The van der Waals surface area contributed by atoms with Gasteiger partial charge in [-0.15, -0.1) is 0 Å². The van der Waals surface area contributed by atoms with Crippen LogP contribution >= 0.6 is 0 Å². The van der Waals surface area contributed by atoms with Crippen molar-refractivity contribution in [3.8, 4) is 23.0 Å². The van der Waals surface area contributed by atoms with Crippen LogP contribution in [-0.4, -0.2) is 49.6 Å². The molecule has 47 heavy (non-hydrogen) atoms. The second-order valence-corrected chi connectivity index (χ2v) is 10.9. The topological polar surface area (TPSA) is 157 Å². The number of nitrogens with zero attached hydrogens (tertiary/aromatic N) is 4. The van der Waals surface area contributed by atoms with E-state index in [9.17, 15) is 10.3 Å². The maximum Gasteiger partial charge on any atom is 0.252 e. The molecule has 0 radical (unpaired) electrons. The lowest BCUT2D eigenvalue weighted by Gasteiger charge is -2.31. The molecule has 2 aliphatic heterocycles. The highest BCUT2D eigenvalue weighted by Gasteiger charge is 2.53. The number of aliphatic hydroxyl groups is 1. The van der Waals surface area contributed by atoms with Gasteiger partial charge in [0.1, 0.15) is 11.5 Å². The number of amides is 1. The molecular weight excluding hydrogens is 602 g/mol. The van der Waals surface area contributed by atoms with E-state index in [1.165, 1.54) is 0 Å². The minimum Gasteiger partial charge on any atom is -0.497 e. The van der Waals surface area contributed by atoms with Crippen molar-refractivity contribution in [1.29, 1.82) is 0 Å². The molecule has 0 unspecified atom stereocenters. The van der Waals surface area contributed by atoms with Gasteiger partial charge in [-0.2, -0.15) is 0 Å². The van der Waals surface area contributed by atoms with E-state index in [4.69, 9.17) is 33.8 Å². The highest BCUT2D eigenvalue weighted by atomic mass is 16.7. The van der Waals surface area contributed by atoms with Crippen molar-refractivity contribution < 1.29 is 33.6 Å². The number of hydrogen-bond donors (Lipinski definition) is 2. The van der Waals surface area contributed by atoms with Crippen LogP contribution in [0.15, 0.2) is 101 Å². The predicted octanol–water partition coefficient (Wildman–Crippen LogP) is 5.94. The summed E-state index contributed by atoms with van der Waals surface area (Å²) in [5.41, 5.74) is 10.9. The molecular formula is C35H33N5O7. The highest BCUT2D eigenvalue weighted by Crippen LogP contribution is 2.44. The summed E-state index contributed by atoms with van der Waals surface area (Å²) in [6.07, 6.45) is -0.312. The van der Waals surface area contributed by atoms with Crippen LogP contribution < -0.4 is 24.3 Å². The Bertz CT molecular complexity index is 1820. The summed E-state index contributed by atoms with van der Waals surface area (Å²) >= 11 is 0. The van der Waals surface area contributed by atoms with Gasteiger partial charge in [0.2, 0.25) is 12.7 Å². The van der Waals surface area contributed by atoms with Gasteiger partial charge >= 0.3 is 0 Å². The number of methoxy groups -OCH3 is 1. The zero-order chi connectivity index (χ0) is 32.6. The molecule has 6 rings (SSSR count). The number of rotatable bonds is 13. The molecule has 0 spiro atoms. The molecule has 2 heterocycles. The smallest absolute Gasteiger partial charge is 0.252 e. The van der Waals surface area contributed by atoms with Crippen LogP contribution in [0, 0.1) is 0 Å². The molecule has 0 aliphatic carbocycles. The van der Waals surface area contributed by atoms with Gasteiger partial charge in [0.05, 0.1) is 13.7 Å². The van der Waals surface area contributed by atoms with Crippen molar-refractivity contribution in [2.45, 2.75) is 31.0 Å². The van der Waals surface area contributed by atoms with Gasteiger partial charge in [-0.05, 0) is 70.8 Å². The monoisotopic (exact) mass is 635 g/mol. The van der Waals surface area contributed by atoms with Crippen molar-refractivity contribution in [1.82, 2.24) is 5.32 Å². The van der Waals surface area contributed by atoms with Gasteiger partial charge in [0.25, 0.3) is 5.91 Å². The minimum absolute atomic E-state index is 0.0377. The summed E-state index contributed by atoms with van der Waals surface area (Å²) in [6, 6.07) is 27.1. The van der Waals surface area contributed by atoms with Crippen molar-refractivity contribution >= 4 is 17.5 Å². The minimum atomic E-state index is -1.53. The molecule has 2 atom stereocenters. The highest BCUT2D eigenvalue weighted by molar-refractivity contribution is 6.01. The van der Waals surface area contributed by atoms with E-state index in [2.05, 4.69) is 15.3 Å². The normalized spacial score (nSPS) is 17.7. The van der Waals surface area contributed by atoms with Gasteiger partial charge < -0.3 is 34.1 Å². The zero-order valence-electron chi connectivity index (χ0n) is 25.7. The molecule has 0 bridgehead atoms. The largest absolute Gasteiger partial charge is 0.497 e. The number of carbonyl (C=O) groups excluding carboxylic acids is 1. The van der Waals surface area contributed by atoms with Crippen LogP contribution in [0.25, 0.3) is 10.4 Å². The summed E-state index contributed by atoms with van der Waals surface area (Å²) in [7, 11) is 1.57. The summed E-state index contributed by atoms with van der Waals surface area (Å²) in [5, 5.41) is 16.1. The summed E-state index contributed by atoms with van der Waals surface area (Å²) in [5.74, 6) is 2.34. The average molecular weight is 636 g/mol. The van der Waals surface area contributed by atoms with E-state index in [1.54, 1.807) is 37.4 Å². The zero-order valence-corrected chi connectivity index (χ0v) is 25.7. The number of aliphatic imine (C=N–C) groups is 1. The molecule has 0 saturated carbocycles. The lowest BCUT2D eigenvalue weighted by molar-refractivity contribution is -0.129. The summed E-state index contributed by atoms with van der Waals surface area (Å²) in [6.45, 7) is 0.745. The molecule has 1 amide bonds. The first kappa shape index (κ1) is 31.3. The molecule has 2 aliphatic rings. The van der Waals surface area contributed by atoms with Gasteiger partial charge in [-0.3, -0.25) is 4.79 Å². The maximum absolute atomic E-state index is 14.6. The Hall–Kier alpha value is -5.71. The first-order valence-electron chi connectivity index (χ1n) is 15.1. The lowest BCUT2D eigenvalue weighted by atomic mass is 9.81. The van der Waals surface area contributed by atoms with E-state index in [1.807, 2.05) is 60.7 Å². The fraction of sp³-hybridized carbons (Fsp3) is 0.257. The molecule has 240 valence electrons. The molecule has 0 aromatic heterocycles. The van der Waals surface area contributed by atoms with Gasteiger partial charge in [-0.25, -0.2) is 4.99 Å². The number of ether oxygens (including phenoxy) is 5. The van der Waals surface area contributed by atoms with Gasteiger partial charge in [0.15, 0.2) is 23.1 Å². The van der Waals surface area contributed by atoms with E-state index >= 15 is 0 Å². The Balaban J connectivity index is 1.42. The van der Waals surface area contributed by atoms with Crippen molar-refractivity contribution in [2.75, 3.05) is 27.1 Å². The summed E-state index contributed by atoms with van der Waals surface area (Å²) in [4.78, 5) is 22.7. The van der Waals surface area contributed by atoms with Crippen molar-refractivity contribution in [3.05, 3.63) is 124 Å². The Morgan fingerprint density at radius 3 is 2.68 bits per heavy atom. The maximum atomic E-state index is 14.6. The third-order valence-corrected chi connectivity index (χ3v) is 7.92. The summed E-state index contributed by atoms with van der Waals surface area (Å²) < 4.78 is 28.8. The van der Waals surface area contributed by atoms with E-state index < -0.39 is 17.6 Å². The molecule has 12 nitrogen and oxygen atoms in total. The Morgan fingerprint density at radius 1 is 1.04 bits per heavy atom. The second-order valence-electron chi connectivity index (χ2n) is 10.9. The van der Waals surface area contributed by atoms with Crippen LogP contribution in [0.4, 0.5) is 5.69 Å². The molecule has 0 fully saturated rings. The molecule has 4 aromatic carbocycles. The first-order chi connectivity index (χ1) is 23.0. The number of benzene rings is 4. The number of nitrogens with one attached hydrogen (secondary N) is 1. The van der Waals surface area contributed by atoms with Crippen molar-refractivity contribution in [2.24, 2.45) is 10.1 Å². The standard InChI is InChI=1S/C35H33N5O7/c1-43-28-8-4-7-25(19-28)32-35(20-26-6-2-3-9-29(26)39-40-36,34(42)37-21-23-10-15-30-31(18-23)46-22-45-30)38-33(47-32)24-11-13-27(14-12-24)44-17-5-16-41/h2-4,6-15,18-19,32,41H,5,16-17,20-22H2,1H3,(H,37,42)/t32-,35-/m1/s1. The second kappa shape index (κ2) is 14.2. The SMILES string of the molecule is COc1cccc([C@H]2OC(c3ccc(OCCCO)cc3)=N[C@@]2(Cc2ccccc2N=[N+]=[N-])C(=O)NCc2ccc3c(c2)OCO3)c1. The van der Waals surface area contributed by atoms with Crippen LogP contribution in [0.1, 0.15) is 34.8 Å². The van der Waals surface area contributed by atoms with Crippen LogP contribution in [0.3, 0.4) is 0 Å². The third-order valence-electron chi connectivity index (χ3n) is 7.92. The molecule has 12 heteroatoms. The lowest BCUT2D eigenvalue weighted by Crippen LogP contribution is -2.49. The Morgan fingerprint density at radius 2 is 1.87 bits per heavy atom. The molecule has 2 N–H and O–H groups in total. The van der Waals surface area contributed by atoms with Gasteiger partial charge in [0, 0.05) is 42.2 Å². The average Bonchev–Trinajstić information content (AvgIpc) is 3.74. The van der Waals surface area contributed by atoms with E-state index in [0.717, 1.165) is 5.56 Å². The van der Waals surface area contributed by atoms with E-state index in [-0.39, 0.29) is 32.3 Å². The fourth-order valence-electron chi connectivity index (χ4n) is 5.57. The Labute approximate surface area is 271 Å². The number of fused-ring (bicyclic) bond motifs is 1. The third kappa shape index (κ3) is 6.79. The quantitative estimate of drug-likeness (QED) is 0.0796. The van der Waals surface area contributed by atoms with Crippen LogP contribution in [0.2, 0.25) is 0 Å². The molecule has 0 saturated heterocycles. The van der Waals surface area contributed by atoms with Crippen LogP contribution in [-0.2, 0) is 22.5 Å². The number of aliphatic hydroxyl groups excluding tert-OH is 1. The molecule has 4 aromatic rings. The number of hydrogen-bond acceptors (Lipinski definition) is 9. The van der Waals surface area contributed by atoms with E-state index in [0.29, 0.717) is 58.4 Å². The Kier molecular flexibility index (Phi) is 9.42. The van der Waals surface area contributed by atoms with Crippen LogP contribution in [0.5, 0.6) is 23.0 Å². The number of carbonyl (C=O) groups is 1. The number of azide groups is 1. The first-order valence-corrected chi connectivity index (χ1v) is 15.1. The van der Waals surface area contributed by atoms with Crippen molar-refractivity contribution in [3.63, 3.8) is 0 Å². The van der Waals surface area contributed by atoms with Gasteiger partial charge in [-0.1, -0.05) is 47.6 Å². The predicted molar refractivity (Wildman–Crippen MR) is 173 cm³/mol. The fourth-order valence-corrected chi connectivity index (χ4v) is 5.57.